The summed E-state index contributed by atoms with van der Waals surface area (Å²) in [6.07, 6.45) is 3.62. The Hall–Kier alpha value is -2.67. The highest BCUT2D eigenvalue weighted by atomic mass is 127. The molecule has 0 aliphatic rings. The number of aromatic nitrogens is 1. The van der Waals surface area contributed by atoms with E-state index < -0.39 is 0 Å². The van der Waals surface area contributed by atoms with Crippen molar-refractivity contribution in [3.63, 3.8) is 0 Å². The normalized spacial score (nSPS) is 11.1. The molecule has 0 saturated carbocycles. The maximum Gasteiger partial charge on any atom is 0.375 e. The maximum atomic E-state index is 12.1. The van der Waals surface area contributed by atoms with Gasteiger partial charge in [0, 0.05) is 30.3 Å². The van der Waals surface area contributed by atoms with E-state index in [2.05, 4.69) is 35.8 Å². The SMILES string of the molecule is CC[n+]1c(C=CN(C(C)=O)c2ccccc2)oc2c3ccccc3ccc21.[I-]. The minimum atomic E-state index is -0.0536. The lowest BCUT2D eigenvalue weighted by molar-refractivity contribution is -0.674. The van der Waals surface area contributed by atoms with Crippen LogP contribution in [0.25, 0.3) is 27.9 Å². The fraction of sp³-hybridized carbons (Fsp3) is 0.130. The predicted octanol–water partition coefficient (Wildman–Crippen LogP) is 1.92. The first kappa shape index (κ1) is 20.1. The van der Waals surface area contributed by atoms with Gasteiger partial charge in [-0.2, -0.15) is 4.57 Å². The minimum Gasteiger partial charge on any atom is -1.00 e. The highest BCUT2D eigenvalue weighted by Crippen LogP contribution is 2.25. The molecular weight excluding hydrogens is 463 g/mol. The number of aryl methyl sites for hydroxylation is 1. The number of carbonyl (C=O) groups excluding carboxylic acids is 1. The maximum absolute atomic E-state index is 12.1. The van der Waals surface area contributed by atoms with Gasteiger partial charge in [0.05, 0.1) is 6.08 Å². The summed E-state index contributed by atoms with van der Waals surface area (Å²) < 4.78 is 8.32. The van der Waals surface area contributed by atoms with Crippen LogP contribution in [-0.2, 0) is 11.3 Å². The van der Waals surface area contributed by atoms with Gasteiger partial charge < -0.3 is 28.4 Å². The molecule has 0 saturated heterocycles. The zero-order valence-electron chi connectivity index (χ0n) is 15.8. The molecule has 1 heterocycles. The molecule has 1 aromatic heterocycles. The van der Waals surface area contributed by atoms with E-state index in [4.69, 9.17) is 4.42 Å². The topological polar surface area (TPSA) is 37.3 Å². The number of rotatable bonds is 4. The molecule has 0 atom stereocenters. The van der Waals surface area contributed by atoms with E-state index in [1.807, 2.05) is 48.5 Å². The van der Waals surface area contributed by atoms with Crippen LogP contribution < -0.4 is 33.4 Å². The molecule has 4 aromatic rings. The summed E-state index contributed by atoms with van der Waals surface area (Å²) >= 11 is 0. The predicted molar refractivity (Wildman–Crippen MR) is 108 cm³/mol. The van der Waals surface area contributed by atoms with Crippen molar-refractivity contribution < 1.29 is 37.8 Å². The quantitative estimate of drug-likeness (QED) is 0.328. The number of hydrogen-bond acceptors (Lipinski definition) is 2. The molecule has 0 aliphatic heterocycles. The van der Waals surface area contributed by atoms with Crippen molar-refractivity contribution >= 4 is 39.5 Å². The van der Waals surface area contributed by atoms with Crippen LogP contribution in [0.5, 0.6) is 0 Å². The Morgan fingerprint density at radius 2 is 1.75 bits per heavy atom. The molecule has 0 radical (unpaired) electrons. The molecule has 1 amide bonds. The Bertz CT molecular complexity index is 1150. The van der Waals surface area contributed by atoms with Gasteiger partial charge in [-0.3, -0.25) is 9.69 Å². The smallest absolute Gasteiger partial charge is 0.375 e. The van der Waals surface area contributed by atoms with Crippen molar-refractivity contribution in [2.75, 3.05) is 4.90 Å². The highest BCUT2D eigenvalue weighted by Gasteiger charge is 2.21. The van der Waals surface area contributed by atoms with E-state index >= 15 is 0 Å². The number of anilines is 1. The third-order valence-corrected chi connectivity index (χ3v) is 4.68. The molecule has 0 unspecified atom stereocenters. The van der Waals surface area contributed by atoms with Crippen molar-refractivity contribution in [3.8, 4) is 0 Å². The van der Waals surface area contributed by atoms with Crippen molar-refractivity contribution in [2.45, 2.75) is 20.4 Å². The van der Waals surface area contributed by atoms with Crippen molar-refractivity contribution in [1.29, 1.82) is 0 Å². The molecular formula is C23H21IN2O2. The Balaban J connectivity index is 0.00000225. The lowest BCUT2D eigenvalue weighted by atomic mass is 10.1. The van der Waals surface area contributed by atoms with E-state index in [9.17, 15) is 4.79 Å². The fourth-order valence-electron chi connectivity index (χ4n) is 3.38. The summed E-state index contributed by atoms with van der Waals surface area (Å²) in [6, 6.07) is 22.0. The standard InChI is InChI=1S/C23H21N2O2.HI/c1-3-24-21-14-13-18-9-7-8-12-20(18)23(21)27-22(24)15-16-25(17(2)26)19-10-5-4-6-11-19;/h4-16H,3H2,1-2H3;1H/q+1;/p-1. The van der Waals surface area contributed by atoms with Crippen molar-refractivity contribution in [1.82, 2.24) is 0 Å². The van der Waals surface area contributed by atoms with Crippen molar-refractivity contribution in [2.24, 2.45) is 0 Å². The van der Waals surface area contributed by atoms with E-state index in [-0.39, 0.29) is 29.9 Å². The summed E-state index contributed by atoms with van der Waals surface area (Å²) in [7, 11) is 0. The number of para-hydroxylation sites is 1. The largest absolute Gasteiger partial charge is 1.00 e. The molecule has 28 heavy (non-hydrogen) atoms. The second kappa shape index (κ2) is 8.56. The summed E-state index contributed by atoms with van der Waals surface area (Å²) in [5.41, 5.74) is 2.74. The van der Waals surface area contributed by atoms with E-state index in [1.54, 1.807) is 18.0 Å². The number of nitrogens with zero attached hydrogens (tertiary/aromatic N) is 2. The van der Waals surface area contributed by atoms with Crippen LogP contribution in [0.2, 0.25) is 0 Å². The van der Waals surface area contributed by atoms with Crippen LogP contribution in [-0.4, -0.2) is 5.91 Å². The number of halogens is 1. The molecule has 0 aliphatic carbocycles. The van der Waals surface area contributed by atoms with Gasteiger partial charge in [0.2, 0.25) is 11.5 Å². The van der Waals surface area contributed by atoms with Crippen molar-refractivity contribution in [3.05, 3.63) is 78.8 Å². The Morgan fingerprint density at radius 1 is 1.04 bits per heavy atom. The Morgan fingerprint density at radius 3 is 2.46 bits per heavy atom. The number of benzene rings is 3. The van der Waals surface area contributed by atoms with Gasteiger partial charge in [0.1, 0.15) is 6.54 Å². The molecule has 4 rings (SSSR count). The van der Waals surface area contributed by atoms with Gasteiger partial charge in [-0.05, 0) is 30.5 Å². The van der Waals surface area contributed by atoms with Crippen LogP contribution in [0.4, 0.5) is 5.69 Å². The second-order valence-corrected chi connectivity index (χ2v) is 6.36. The van der Waals surface area contributed by atoms with Gasteiger partial charge in [0.15, 0.2) is 0 Å². The van der Waals surface area contributed by atoms with E-state index in [0.29, 0.717) is 5.89 Å². The number of oxazole rings is 1. The average molecular weight is 484 g/mol. The zero-order valence-corrected chi connectivity index (χ0v) is 18.0. The minimum absolute atomic E-state index is 0. The van der Waals surface area contributed by atoms with Gasteiger partial charge in [0.25, 0.3) is 5.52 Å². The summed E-state index contributed by atoms with van der Waals surface area (Å²) in [5.74, 6) is 0.660. The monoisotopic (exact) mass is 484 g/mol. The molecule has 142 valence electrons. The highest BCUT2D eigenvalue weighted by molar-refractivity contribution is 6.02. The molecule has 4 nitrogen and oxygen atoms in total. The first-order valence-corrected chi connectivity index (χ1v) is 9.06. The Kier molecular flexibility index (Phi) is 6.14. The fourth-order valence-corrected chi connectivity index (χ4v) is 3.38. The van der Waals surface area contributed by atoms with Gasteiger partial charge >= 0.3 is 5.89 Å². The van der Waals surface area contributed by atoms with E-state index in [1.165, 1.54) is 0 Å². The Labute approximate surface area is 181 Å². The summed E-state index contributed by atoms with van der Waals surface area (Å²) in [4.78, 5) is 13.7. The molecule has 5 heteroatoms. The zero-order chi connectivity index (χ0) is 18.8. The van der Waals surface area contributed by atoms with Crippen LogP contribution in [0.15, 0.2) is 77.3 Å². The van der Waals surface area contributed by atoms with Gasteiger partial charge in [-0.1, -0.05) is 42.5 Å². The van der Waals surface area contributed by atoms with E-state index in [0.717, 1.165) is 34.1 Å². The molecule has 0 N–H and O–H groups in total. The number of carbonyl (C=O) groups is 1. The first-order valence-electron chi connectivity index (χ1n) is 9.06. The van der Waals surface area contributed by atoms with Crippen LogP contribution in [0, 0.1) is 0 Å². The third-order valence-electron chi connectivity index (χ3n) is 4.68. The lowest BCUT2D eigenvalue weighted by Crippen LogP contribution is -3.00. The number of fused-ring (bicyclic) bond motifs is 3. The van der Waals surface area contributed by atoms with Crippen LogP contribution >= 0.6 is 0 Å². The molecule has 0 bridgehead atoms. The lowest BCUT2D eigenvalue weighted by Gasteiger charge is -2.15. The molecule has 0 spiro atoms. The second-order valence-electron chi connectivity index (χ2n) is 6.36. The summed E-state index contributed by atoms with van der Waals surface area (Å²) in [5, 5.41) is 2.23. The number of amides is 1. The van der Waals surface area contributed by atoms with Crippen LogP contribution in [0.1, 0.15) is 19.7 Å². The first-order chi connectivity index (χ1) is 13.2. The van der Waals surface area contributed by atoms with Crippen LogP contribution in [0.3, 0.4) is 0 Å². The number of hydrogen-bond donors (Lipinski definition) is 0. The molecule has 0 fully saturated rings. The van der Waals surface area contributed by atoms with Gasteiger partial charge in [-0.15, -0.1) is 0 Å². The van der Waals surface area contributed by atoms with Gasteiger partial charge in [-0.25, -0.2) is 0 Å². The average Bonchev–Trinajstić information content (AvgIpc) is 3.06. The third kappa shape index (κ3) is 3.67. The molecule has 3 aromatic carbocycles. The summed E-state index contributed by atoms with van der Waals surface area (Å²) in [6.45, 7) is 4.41.